The summed E-state index contributed by atoms with van der Waals surface area (Å²) in [7, 11) is 0. The fourth-order valence-corrected chi connectivity index (χ4v) is 19.6. The van der Waals surface area contributed by atoms with E-state index in [9.17, 15) is 30.0 Å². The van der Waals surface area contributed by atoms with Gasteiger partial charge in [-0.25, -0.2) is 9.59 Å². The van der Waals surface area contributed by atoms with Gasteiger partial charge in [-0.2, -0.15) is 0 Å². The maximum atomic E-state index is 12.5. The summed E-state index contributed by atoms with van der Waals surface area (Å²) in [4.78, 5) is 28.9. The van der Waals surface area contributed by atoms with E-state index in [4.69, 9.17) is 53.1 Å². The largest absolute Gasteiger partial charge is 0.431 e. The van der Waals surface area contributed by atoms with Crippen molar-refractivity contribution < 1.29 is 62.4 Å². The highest BCUT2D eigenvalue weighted by Crippen LogP contribution is 2.72. The van der Waals surface area contributed by atoms with Crippen LogP contribution in [0, 0.1) is 45.3 Å². The fraction of sp³-hybridized carbons (Fsp3) is 0.778. The van der Waals surface area contributed by atoms with Crippen molar-refractivity contribution in [3.63, 3.8) is 0 Å². The molecule has 0 radical (unpaired) electrons. The summed E-state index contributed by atoms with van der Waals surface area (Å²) in [6, 6.07) is 5.33. The van der Waals surface area contributed by atoms with Crippen LogP contribution in [0.5, 0.6) is 0 Å². The monoisotopic (exact) mass is 1170 g/mol. The minimum absolute atomic E-state index is 0.000346. The van der Waals surface area contributed by atoms with Crippen LogP contribution >= 0.6 is 0 Å². The summed E-state index contributed by atoms with van der Waals surface area (Å²) in [6.45, 7) is 14.2. The van der Waals surface area contributed by atoms with Crippen molar-refractivity contribution in [2.24, 2.45) is 55.6 Å². The summed E-state index contributed by atoms with van der Waals surface area (Å²) in [5.41, 5.74) is 19.9. The molecule has 2 aromatic rings. The topological polar surface area (TPSA) is 303 Å². The van der Waals surface area contributed by atoms with Crippen LogP contribution in [0.3, 0.4) is 0 Å². The van der Waals surface area contributed by atoms with Crippen molar-refractivity contribution in [3.05, 3.63) is 113 Å². The van der Waals surface area contributed by atoms with Gasteiger partial charge in [0.25, 0.3) is 6.48 Å². The molecule has 84 heavy (non-hydrogen) atoms. The molecule has 0 aromatic carbocycles. The summed E-state index contributed by atoms with van der Waals surface area (Å²) in [5.74, 6) is 1.52. The first kappa shape index (κ1) is 59.9. The first-order valence-corrected chi connectivity index (χ1v) is 31.2. The van der Waals surface area contributed by atoms with Gasteiger partial charge in [0.1, 0.15) is 18.3 Å². The standard InChI is InChI=1S/C33H45N3O8.C30H41N3O7/c1-5-39-30-43-27-26(35-36-34)18(2)41-29(28(27)44-30)42-21-10-13-31(3)20(16-21)7-8-24-23(31)11-14-32(4)22(12-15-33(24,32)38)19-6-9-25(37)40-17-19;1-16-24(32-33-31)25(35)26(36)27(39-16)40-19-8-11-28(2)18(14-19)5-6-22-21(28)9-12-29(3)20(10-13-30(22,29)37)17-4-7-23(34)38-15-17/h6,9,16-18,21-24,26-30,38H,5,7-8,10-15H2,1-4H3;4,7,14-16,19-22,24-27,35-37H,5-6,8-13H2,1-3H3/t18-,21-,22+,23?,24?,26-,27?,28+,29-,30?,31-,32+,33-;16-,19-,20+,21?,22?,24+,25?,26+,27-,28-,29+,30-/m00/s1. The van der Waals surface area contributed by atoms with Gasteiger partial charge in [-0.3, -0.25) is 0 Å². The highest BCUT2D eigenvalue weighted by Gasteiger charge is 2.69. The van der Waals surface area contributed by atoms with Gasteiger partial charge < -0.3 is 62.4 Å². The molecule has 21 heteroatoms. The van der Waals surface area contributed by atoms with E-state index < -0.39 is 79.0 Å². The Balaban J connectivity index is 0.000000166. The predicted molar refractivity (Wildman–Crippen MR) is 303 cm³/mol. The molecule has 4 N–H and O–H groups in total. The Kier molecular flexibility index (Phi) is 16.1. The maximum absolute atomic E-state index is 12.5. The second kappa shape index (κ2) is 22.6. The molecule has 11 aliphatic rings. The summed E-state index contributed by atoms with van der Waals surface area (Å²) in [6.07, 6.45) is 15.4. The lowest BCUT2D eigenvalue weighted by Gasteiger charge is -2.62. The number of aliphatic hydroxyl groups excluding tert-OH is 2. The van der Waals surface area contributed by atoms with Crippen LogP contribution in [-0.2, 0) is 33.2 Å². The van der Waals surface area contributed by atoms with Crippen LogP contribution in [0.25, 0.3) is 20.9 Å². The minimum Gasteiger partial charge on any atom is -0.431 e. The number of azide groups is 2. The highest BCUT2D eigenvalue weighted by molar-refractivity contribution is 5.33. The zero-order valence-electron chi connectivity index (χ0n) is 49.6. The van der Waals surface area contributed by atoms with Crippen molar-refractivity contribution in [2.75, 3.05) is 6.61 Å². The van der Waals surface area contributed by atoms with Gasteiger partial charge in [0.15, 0.2) is 12.6 Å². The molecule has 5 heterocycles. The molecule has 13 rings (SSSR count). The SMILES string of the molecule is CCOC1OC2[C@@H](N=[N+]=[N-])[C@H](C)O[C@@H](O[C@@H]3C=C4CCC5C(CC[C@]6(C)[C@@H](c7ccc(=O)oc7)CC[C@]56O)[C@@]4(C)CC3)[C@@H]2O1.C[C@@H]1O[C@@H](O[C@@H]2C=C3CCC4C(CC[C@]5(C)[C@@H](c6ccc(=O)oc6)CC[C@]45O)[C@@]3(C)CC2)[C@H](O)C(O)[C@@H]1N=[N+]=[N-]. The van der Waals surface area contributed by atoms with Gasteiger partial charge >= 0.3 is 11.3 Å². The second-order valence-corrected chi connectivity index (χ2v) is 27.6. The highest BCUT2D eigenvalue weighted by atomic mass is 16.9. The molecule has 0 amide bonds. The van der Waals surface area contributed by atoms with E-state index in [1.54, 1.807) is 19.5 Å². The summed E-state index contributed by atoms with van der Waals surface area (Å²) < 4.78 is 52.9. The Bertz CT molecular complexity index is 3030. The average Bonchev–Trinajstić information content (AvgIpc) is 1.48. The second-order valence-electron chi connectivity index (χ2n) is 27.6. The van der Waals surface area contributed by atoms with E-state index in [0.29, 0.717) is 18.4 Å². The van der Waals surface area contributed by atoms with Crippen LogP contribution in [0.15, 0.2) is 88.7 Å². The molecular weight excluding hydrogens is 1080 g/mol. The lowest BCUT2D eigenvalue weighted by Crippen LogP contribution is -2.60. The maximum Gasteiger partial charge on any atom is 0.335 e. The van der Waals surface area contributed by atoms with Gasteiger partial charge in [-0.15, -0.1) is 0 Å². The van der Waals surface area contributed by atoms with Crippen molar-refractivity contribution in [1.29, 1.82) is 0 Å². The molecule has 0 bridgehead atoms. The zero-order valence-corrected chi connectivity index (χ0v) is 49.6. The fourth-order valence-electron chi connectivity index (χ4n) is 19.6. The first-order chi connectivity index (χ1) is 40.1. The van der Waals surface area contributed by atoms with Crippen molar-refractivity contribution >= 4 is 0 Å². The molecule has 25 atom stereocenters. The molecule has 3 saturated heterocycles. The van der Waals surface area contributed by atoms with Gasteiger partial charge in [-0.05, 0) is 204 Å². The van der Waals surface area contributed by atoms with E-state index in [1.807, 2.05) is 26.0 Å². The summed E-state index contributed by atoms with van der Waals surface area (Å²) >= 11 is 0. The molecule has 9 fully saturated rings. The average molecular weight is 1170 g/mol. The van der Waals surface area contributed by atoms with E-state index in [-0.39, 0.29) is 68.8 Å². The number of nitrogens with zero attached hydrogens (tertiary/aromatic N) is 6. The third-order valence-corrected chi connectivity index (χ3v) is 24.2. The third kappa shape index (κ3) is 9.69. The van der Waals surface area contributed by atoms with Gasteiger partial charge in [0.2, 0.25) is 0 Å². The number of hydrogen-bond donors (Lipinski definition) is 4. The Labute approximate surface area is 490 Å². The van der Waals surface area contributed by atoms with Crippen LogP contribution < -0.4 is 11.3 Å². The smallest absolute Gasteiger partial charge is 0.335 e. The number of rotatable bonds is 10. The van der Waals surface area contributed by atoms with E-state index >= 15 is 0 Å². The third-order valence-electron chi connectivity index (χ3n) is 24.2. The lowest BCUT2D eigenvalue weighted by molar-refractivity contribution is -0.279. The lowest BCUT2D eigenvalue weighted by atomic mass is 9.45. The zero-order chi connectivity index (χ0) is 59.3. The Morgan fingerprint density at radius 3 is 1.55 bits per heavy atom. The molecule has 3 aliphatic heterocycles. The molecule has 21 nitrogen and oxygen atoms in total. The Morgan fingerprint density at radius 2 is 1.06 bits per heavy atom. The molecule has 6 saturated carbocycles. The minimum atomic E-state index is -1.31. The number of allylic oxidation sites excluding steroid dienone is 2. The molecule has 2 aromatic heterocycles. The molecular formula is C63H86N6O15. The predicted octanol–water partition coefficient (Wildman–Crippen LogP) is 10.0. The summed E-state index contributed by atoms with van der Waals surface area (Å²) in [5, 5.41) is 53.6. The Hall–Kier alpha value is -4.44. The van der Waals surface area contributed by atoms with Crippen LogP contribution in [0.1, 0.15) is 174 Å². The number of aliphatic hydroxyl groups is 4. The van der Waals surface area contributed by atoms with Crippen LogP contribution in [0.2, 0.25) is 0 Å². The molecule has 0 spiro atoms. The van der Waals surface area contributed by atoms with E-state index in [2.05, 4.69) is 59.9 Å². The molecule has 7 unspecified atom stereocenters. The van der Waals surface area contributed by atoms with Crippen LogP contribution in [0.4, 0.5) is 0 Å². The van der Waals surface area contributed by atoms with E-state index in [0.717, 1.165) is 114 Å². The Morgan fingerprint density at radius 1 is 0.583 bits per heavy atom. The number of ether oxygens (including phenoxy) is 7. The van der Waals surface area contributed by atoms with E-state index in [1.165, 1.54) is 23.3 Å². The van der Waals surface area contributed by atoms with Gasteiger partial charge in [0.05, 0.1) is 66.3 Å². The van der Waals surface area contributed by atoms with Gasteiger partial charge in [-0.1, -0.05) is 61.2 Å². The van der Waals surface area contributed by atoms with Crippen molar-refractivity contribution in [2.45, 2.75) is 254 Å². The first-order valence-electron chi connectivity index (χ1n) is 31.2. The quantitative estimate of drug-likeness (QED) is 0.0744. The molecule has 458 valence electrons. The van der Waals surface area contributed by atoms with Crippen molar-refractivity contribution in [3.8, 4) is 0 Å². The number of hydrogen-bond acceptors (Lipinski definition) is 17. The van der Waals surface area contributed by atoms with Crippen molar-refractivity contribution in [1.82, 2.24) is 0 Å². The number of fused-ring (bicyclic) bond motifs is 11. The molecule has 8 aliphatic carbocycles. The van der Waals surface area contributed by atoms with Crippen LogP contribution in [-0.4, -0.2) is 118 Å². The normalized spacial score (nSPS) is 48.1. The van der Waals surface area contributed by atoms with Gasteiger partial charge in [0, 0.05) is 39.4 Å².